The molecule has 0 saturated carbocycles. The minimum absolute atomic E-state index is 0.325. The van der Waals surface area contributed by atoms with Crippen LogP contribution in [-0.2, 0) is 9.53 Å². The topological polar surface area (TPSA) is 83.8 Å². The van der Waals surface area contributed by atoms with Gasteiger partial charge in [0.2, 0.25) is 0 Å². The molecule has 0 rings (SSSR count). The van der Waals surface area contributed by atoms with Crippen molar-refractivity contribution in [3.05, 3.63) is 0 Å². The maximum atomic E-state index is 10.4. The predicted molar refractivity (Wildman–Crippen MR) is 114 cm³/mol. The van der Waals surface area contributed by atoms with Gasteiger partial charge in [0.1, 0.15) is 0 Å². The third-order valence-corrected chi connectivity index (χ3v) is 5.26. The Morgan fingerprint density at radius 3 is 1.04 bits per heavy atom. The number of hydrogen-bond acceptors (Lipinski definition) is 3. The van der Waals surface area contributed by atoms with Crippen molar-refractivity contribution in [3.63, 3.8) is 0 Å². The molecule has 0 aromatic rings. The lowest BCUT2D eigenvalue weighted by Gasteiger charge is -2.04. The van der Waals surface area contributed by atoms with Crippen molar-refractivity contribution in [2.75, 3.05) is 6.61 Å². The summed E-state index contributed by atoms with van der Waals surface area (Å²) in [5.41, 5.74) is 0. The highest BCUT2D eigenvalue weighted by molar-refractivity contribution is 5.66. The minimum atomic E-state index is -1.17. The summed E-state index contributed by atoms with van der Waals surface area (Å²) < 4.78 is 4.49. The van der Waals surface area contributed by atoms with Gasteiger partial charge in [-0.25, -0.2) is 4.79 Å². The molecular formula is C23H44O5. The van der Waals surface area contributed by atoms with E-state index in [1.54, 1.807) is 0 Å². The summed E-state index contributed by atoms with van der Waals surface area (Å²) in [4.78, 5) is 20.6. The van der Waals surface area contributed by atoms with Crippen LogP contribution in [0, 0.1) is 0 Å². The van der Waals surface area contributed by atoms with Crippen LogP contribution in [0.15, 0.2) is 0 Å². The number of carbonyl (C=O) groups is 2. The Labute approximate surface area is 172 Å². The molecule has 0 radical (unpaired) electrons. The molecule has 0 aliphatic heterocycles. The van der Waals surface area contributed by atoms with E-state index < -0.39 is 12.1 Å². The molecule has 0 bridgehead atoms. The van der Waals surface area contributed by atoms with Crippen LogP contribution < -0.4 is 0 Å². The Kier molecular flexibility index (Phi) is 21.0. The van der Waals surface area contributed by atoms with E-state index in [9.17, 15) is 9.59 Å². The van der Waals surface area contributed by atoms with Gasteiger partial charge in [0.05, 0.1) is 6.61 Å². The molecular weight excluding hydrogens is 356 g/mol. The van der Waals surface area contributed by atoms with Gasteiger partial charge in [0, 0.05) is 6.42 Å². The summed E-state index contributed by atoms with van der Waals surface area (Å²) in [5, 5.41) is 16.9. The van der Waals surface area contributed by atoms with Crippen LogP contribution in [0.4, 0.5) is 4.79 Å². The average molecular weight is 401 g/mol. The lowest BCUT2D eigenvalue weighted by atomic mass is 10.0. The third-order valence-electron chi connectivity index (χ3n) is 5.26. The average Bonchev–Trinajstić information content (AvgIpc) is 2.65. The Hall–Kier alpha value is -1.26. The van der Waals surface area contributed by atoms with E-state index in [4.69, 9.17) is 10.2 Å². The van der Waals surface area contributed by atoms with E-state index in [0.29, 0.717) is 13.0 Å². The zero-order valence-corrected chi connectivity index (χ0v) is 18.0. The Morgan fingerprint density at radius 2 is 0.750 bits per heavy atom. The SMILES string of the molecule is O=C(O)CCCCCCCCCCCCCCCCCCCCCOC(=O)O. The Bertz CT molecular complexity index is 323. The van der Waals surface area contributed by atoms with Gasteiger partial charge >= 0.3 is 12.1 Å². The molecule has 0 aromatic heterocycles. The molecule has 5 nitrogen and oxygen atoms in total. The number of unbranched alkanes of at least 4 members (excludes halogenated alkanes) is 18. The number of carboxylic acids is 1. The van der Waals surface area contributed by atoms with Gasteiger partial charge in [0.25, 0.3) is 0 Å². The largest absolute Gasteiger partial charge is 0.505 e. The van der Waals surface area contributed by atoms with Crippen molar-refractivity contribution in [2.24, 2.45) is 0 Å². The van der Waals surface area contributed by atoms with Gasteiger partial charge in [-0.15, -0.1) is 0 Å². The summed E-state index contributed by atoms with van der Waals surface area (Å²) in [6.45, 7) is 0.337. The molecule has 0 spiro atoms. The fraction of sp³-hybridized carbons (Fsp3) is 0.913. The second-order valence-corrected chi connectivity index (χ2v) is 7.98. The molecule has 0 atom stereocenters. The molecule has 28 heavy (non-hydrogen) atoms. The number of ether oxygens (including phenoxy) is 1. The van der Waals surface area contributed by atoms with Crippen LogP contribution >= 0.6 is 0 Å². The highest BCUT2D eigenvalue weighted by Crippen LogP contribution is 2.14. The molecule has 0 aliphatic carbocycles. The summed E-state index contributed by atoms with van der Waals surface area (Å²) in [6.07, 6.45) is 22.7. The number of carboxylic acid groups (broad SMARTS) is 2. The van der Waals surface area contributed by atoms with E-state index >= 15 is 0 Å². The van der Waals surface area contributed by atoms with Gasteiger partial charge in [0.15, 0.2) is 0 Å². The molecule has 0 heterocycles. The van der Waals surface area contributed by atoms with Crippen LogP contribution in [0.25, 0.3) is 0 Å². The van der Waals surface area contributed by atoms with Crippen LogP contribution in [0.1, 0.15) is 128 Å². The third kappa shape index (κ3) is 24.7. The monoisotopic (exact) mass is 400 g/mol. The first-order chi connectivity index (χ1) is 13.6. The van der Waals surface area contributed by atoms with Crippen LogP contribution in [0.2, 0.25) is 0 Å². The fourth-order valence-electron chi connectivity index (χ4n) is 3.54. The highest BCUT2D eigenvalue weighted by atomic mass is 16.7. The zero-order chi connectivity index (χ0) is 20.7. The van der Waals surface area contributed by atoms with E-state index in [1.165, 1.54) is 96.3 Å². The molecule has 0 aromatic carbocycles. The van der Waals surface area contributed by atoms with E-state index in [-0.39, 0.29) is 0 Å². The van der Waals surface area contributed by atoms with Gasteiger partial charge in [-0.05, 0) is 12.8 Å². The summed E-state index contributed by atoms with van der Waals surface area (Å²) in [5.74, 6) is -0.669. The molecule has 2 N–H and O–H groups in total. The molecule has 166 valence electrons. The Morgan fingerprint density at radius 1 is 0.464 bits per heavy atom. The van der Waals surface area contributed by atoms with Crippen molar-refractivity contribution < 1.29 is 24.5 Å². The maximum absolute atomic E-state index is 10.4. The standard InChI is InChI=1S/C23H44O5/c24-22(25)20-18-16-14-12-10-8-6-4-2-1-3-5-7-9-11-13-15-17-19-21-28-23(26)27/h1-21H2,(H,24,25)(H,26,27). The second-order valence-electron chi connectivity index (χ2n) is 7.98. The first kappa shape index (κ1) is 26.7. The van der Waals surface area contributed by atoms with Crippen molar-refractivity contribution in [3.8, 4) is 0 Å². The number of aliphatic carboxylic acids is 1. The quantitative estimate of drug-likeness (QED) is 0.145. The molecule has 0 unspecified atom stereocenters. The summed E-state index contributed by atoms with van der Waals surface area (Å²) in [6, 6.07) is 0. The fourth-order valence-corrected chi connectivity index (χ4v) is 3.54. The van der Waals surface area contributed by atoms with Crippen molar-refractivity contribution >= 4 is 12.1 Å². The first-order valence-electron chi connectivity index (χ1n) is 11.7. The molecule has 0 fully saturated rings. The number of rotatable bonds is 22. The van der Waals surface area contributed by atoms with Gasteiger partial charge in [-0.2, -0.15) is 0 Å². The molecule has 0 saturated heterocycles. The molecule has 0 amide bonds. The number of hydrogen-bond donors (Lipinski definition) is 2. The second kappa shape index (κ2) is 22.0. The zero-order valence-electron chi connectivity index (χ0n) is 18.0. The maximum Gasteiger partial charge on any atom is 0.505 e. The Balaban J connectivity index is 3.01. The van der Waals surface area contributed by atoms with Crippen molar-refractivity contribution in [2.45, 2.75) is 128 Å². The van der Waals surface area contributed by atoms with Crippen molar-refractivity contribution in [1.29, 1.82) is 0 Å². The van der Waals surface area contributed by atoms with Crippen LogP contribution in [0.5, 0.6) is 0 Å². The minimum Gasteiger partial charge on any atom is -0.481 e. The van der Waals surface area contributed by atoms with Gasteiger partial charge < -0.3 is 14.9 Å². The van der Waals surface area contributed by atoms with Crippen molar-refractivity contribution in [1.82, 2.24) is 0 Å². The summed E-state index contributed by atoms with van der Waals surface area (Å²) in [7, 11) is 0. The first-order valence-corrected chi connectivity index (χ1v) is 11.7. The lowest BCUT2D eigenvalue weighted by Crippen LogP contribution is -2.01. The molecule has 5 heteroatoms. The normalized spacial score (nSPS) is 10.9. The summed E-state index contributed by atoms with van der Waals surface area (Å²) >= 11 is 0. The van der Waals surface area contributed by atoms with Gasteiger partial charge in [-0.1, -0.05) is 109 Å². The van der Waals surface area contributed by atoms with Crippen LogP contribution in [0.3, 0.4) is 0 Å². The molecule has 0 aliphatic rings. The van der Waals surface area contributed by atoms with Crippen LogP contribution in [-0.4, -0.2) is 28.9 Å². The van der Waals surface area contributed by atoms with E-state index in [2.05, 4.69) is 4.74 Å². The lowest BCUT2D eigenvalue weighted by molar-refractivity contribution is -0.137. The van der Waals surface area contributed by atoms with Gasteiger partial charge in [-0.3, -0.25) is 4.79 Å². The van der Waals surface area contributed by atoms with E-state index in [1.807, 2.05) is 0 Å². The predicted octanol–water partition coefficient (Wildman–Crippen LogP) is 7.57. The smallest absolute Gasteiger partial charge is 0.481 e. The van der Waals surface area contributed by atoms with E-state index in [0.717, 1.165) is 25.7 Å². The highest BCUT2D eigenvalue weighted by Gasteiger charge is 1.98.